The second-order valence-corrected chi connectivity index (χ2v) is 9.06. The highest BCUT2D eigenvalue weighted by molar-refractivity contribution is 7.15. The van der Waals surface area contributed by atoms with Crippen molar-refractivity contribution in [1.82, 2.24) is 4.98 Å². The van der Waals surface area contributed by atoms with E-state index in [0.717, 1.165) is 47.6 Å². The van der Waals surface area contributed by atoms with Crippen molar-refractivity contribution in [3.05, 3.63) is 45.6 Å². The molecule has 0 atom stereocenters. The van der Waals surface area contributed by atoms with Crippen LogP contribution in [0.25, 0.3) is 16.1 Å². The third-order valence-electron chi connectivity index (χ3n) is 5.78. The predicted octanol–water partition coefficient (Wildman–Crippen LogP) is 6.35. The monoisotopic (exact) mass is 387 g/mol. The maximum absolute atomic E-state index is 12.7. The Hall–Kier alpha value is -1.65. The minimum atomic E-state index is -0.210. The molecule has 0 bridgehead atoms. The molecule has 5 heteroatoms. The van der Waals surface area contributed by atoms with Crippen molar-refractivity contribution in [3.8, 4) is 10.6 Å². The Morgan fingerprint density at radius 2 is 1.81 bits per heavy atom. The minimum absolute atomic E-state index is 0.0229. The van der Waals surface area contributed by atoms with Crippen LogP contribution in [0.5, 0.6) is 0 Å². The van der Waals surface area contributed by atoms with E-state index in [-0.39, 0.29) is 11.2 Å². The van der Waals surface area contributed by atoms with Crippen molar-refractivity contribution in [2.24, 2.45) is 5.41 Å². The quantitative estimate of drug-likeness (QED) is 0.652. The smallest absolute Gasteiger partial charge is 0.168 e. The number of aliphatic hydroxyl groups is 1. The topological polar surface area (TPSA) is 50.2 Å². The van der Waals surface area contributed by atoms with Crippen LogP contribution in [-0.4, -0.2) is 15.9 Å². The summed E-state index contributed by atoms with van der Waals surface area (Å²) in [4.78, 5) is 18.4. The van der Waals surface area contributed by atoms with E-state index < -0.39 is 0 Å². The fraction of sp³-hybridized carbons (Fsp3) is 0.429. The molecular formula is C21H22ClNO2S. The summed E-state index contributed by atoms with van der Waals surface area (Å²) in [5, 5.41) is 12.7. The average molecular weight is 388 g/mol. The molecule has 1 fully saturated rings. The molecule has 4 rings (SSSR count). The number of benzene rings is 1. The highest BCUT2D eigenvalue weighted by Crippen LogP contribution is 2.51. The summed E-state index contributed by atoms with van der Waals surface area (Å²) in [7, 11) is 0. The van der Waals surface area contributed by atoms with Crippen LogP contribution >= 0.6 is 22.9 Å². The first-order chi connectivity index (χ1) is 12.5. The standard InChI is InChI=1S/C21H22ClNO2S/c1-13-18(23-20(26-13)14-5-7-15(22)8-6-14)17-16(24)9-12-21(19(17)25)10-3-2-4-11-21/h5-8,25H,2-4,9-12H2,1H3. The maximum atomic E-state index is 12.7. The third kappa shape index (κ3) is 2.99. The molecular weight excluding hydrogens is 366 g/mol. The first-order valence-electron chi connectivity index (χ1n) is 9.21. The molecule has 1 heterocycles. The van der Waals surface area contributed by atoms with E-state index in [1.807, 2.05) is 31.2 Å². The van der Waals surface area contributed by atoms with E-state index in [0.29, 0.717) is 28.5 Å². The number of hydrogen-bond acceptors (Lipinski definition) is 4. The van der Waals surface area contributed by atoms with Crippen molar-refractivity contribution < 1.29 is 9.90 Å². The number of allylic oxidation sites excluding steroid dienone is 2. The summed E-state index contributed by atoms with van der Waals surface area (Å²) in [6.45, 7) is 1.97. The van der Waals surface area contributed by atoms with E-state index >= 15 is 0 Å². The molecule has 1 aromatic carbocycles. The van der Waals surface area contributed by atoms with E-state index in [1.54, 1.807) is 11.3 Å². The molecule has 0 saturated heterocycles. The Balaban J connectivity index is 1.79. The molecule has 1 spiro atoms. The predicted molar refractivity (Wildman–Crippen MR) is 107 cm³/mol. The van der Waals surface area contributed by atoms with Crippen LogP contribution in [0.1, 0.15) is 55.5 Å². The zero-order chi connectivity index (χ0) is 18.3. The molecule has 0 unspecified atom stereocenters. The second kappa shape index (κ2) is 6.82. The molecule has 136 valence electrons. The maximum Gasteiger partial charge on any atom is 0.168 e. The summed E-state index contributed by atoms with van der Waals surface area (Å²) in [6.07, 6.45) is 6.69. The van der Waals surface area contributed by atoms with Gasteiger partial charge >= 0.3 is 0 Å². The van der Waals surface area contributed by atoms with Gasteiger partial charge in [-0.25, -0.2) is 4.98 Å². The Morgan fingerprint density at radius 1 is 1.12 bits per heavy atom. The Morgan fingerprint density at radius 3 is 2.50 bits per heavy atom. The molecule has 3 nitrogen and oxygen atoms in total. The largest absolute Gasteiger partial charge is 0.511 e. The number of carbonyl (C=O) groups excluding carboxylic acids is 1. The molecule has 2 aliphatic rings. The van der Waals surface area contributed by atoms with Gasteiger partial charge in [0, 0.05) is 27.3 Å². The van der Waals surface area contributed by atoms with E-state index in [4.69, 9.17) is 16.6 Å². The number of rotatable bonds is 2. The highest BCUT2D eigenvalue weighted by atomic mass is 35.5. The lowest BCUT2D eigenvalue weighted by molar-refractivity contribution is -0.115. The fourth-order valence-electron chi connectivity index (χ4n) is 4.30. The molecule has 0 aliphatic heterocycles. The van der Waals surface area contributed by atoms with Gasteiger partial charge in [-0.3, -0.25) is 4.79 Å². The SMILES string of the molecule is Cc1sc(-c2ccc(Cl)cc2)nc1C1=C(O)C2(CCCCC2)CCC1=O. The number of aryl methyl sites for hydroxylation is 1. The van der Waals surface area contributed by atoms with Gasteiger partial charge in [0.15, 0.2) is 5.78 Å². The third-order valence-corrected chi connectivity index (χ3v) is 7.06. The van der Waals surface area contributed by atoms with Gasteiger partial charge < -0.3 is 5.11 Å². The van der Waals surface area contributed by atoms with Crippen molar-refractivity contribution in [1.29, 1.82) is 0 Å². The number of nitrogens with zero attached hydrogens (tertiary/aromatic N) is 1. The van der Waals surface area contributed by atoms with E-state index in [2.05, 4.69) is 0 Å². The first-order valence-corrected chi connectivity index (χ1v) is 10.4. The van der Waals surface area contributed by atoms with Crippen molar-refractivity contribution in [2.75, 3.05) is 0 Å². The lowest BCUT2D eigenvalue weighted by Gasteiger charge is -2.40. The molecule has 1 N–H and O–H groups in total. The molecule has 1 saturated carbocycles. The number of hydrogen-bond donors (Lipinski definition) is 1. The molecule has 0 amide bonds. The van der Waals surface area contributed by atoms with Gasteiger partial charge in [-0.05, 0) is 38.3 Å². The highest BCUT2D eigenvalue weighted by Gasteiger charge is 2.43. The second-order valence-electron chi connectivity index (χ2n) is 7.42. The summed E-state index contributed by atoms with van der Waals surface area (Å²) in [5.74, 6) is 0.319. The van der Waals surface area contributed by atoms with Crippen molar-refractivity contribution >= 4 is 34.3 Å². The van der Waals surface area contributed by atoms with Gasteiger partial charge in [0.2, 0.25) is 0 Å². The van der Waals surface area contributed by atoms with Gasteiger partial charge in [0.1, 0.15) is 10.8 Å². The van der Waals surface area contributed by atoms with Crippen LogP contribution in [0.15, 0.2) is 30.0 Å². The van der Waals surface area contributed by atoms with Crippen LogP contribution in [0.2, 0.25) is 5.02 Å². The van der Waals surface area contributed by atoms with Crippen molar-refractivity contribution in [2.45, 2.75) is 51.9 Å². The van der Waals surface area contributed by atoms with Crippen LogP contribution in [0.4, 0.5) is 0 Å². The molecule has 26 heavy (non-hydrogen) atoms. The number of carbonyl (C=O) groups is 1. The van der Waals surface area contributed by atoms with Gasteiger partial charge in [-0.15, -0.1) is 11.3 Å². The van der Waals surface area contributed by atoms with Crippen LogP contribution in [0.3, 0.4) is 0 Å². The summed E-state index contributed by atoms with van der Waals surface area (Å²) < 4.78 is 0. The molecule has 0 radical (unpaired) electrons. The normalized spacial score (nSPS) is 20.0. The lowest BCUT2D eigenvalue weighted by atomic mass is 9.65. The van der Waals surface area contributed by atoms with Gasteiger partial charge in [-0.1, -0.05) is 43.0 Å². The first kappa shape index (κ1) is 17.7. The number of aliphatic hydroxyl groups excluding tert-OH is 1. The lowest BCUT2D eigenvalue weighted by Crippen LogP contribution is -2.33. The number of halogens is 1. The number of aromatic nitrogens is 1. The number of Topliss-reactive ketones (excluding diaryl/α,β-unsaturated/α-hetero) is 1. The van der Waals surface area contributed by atoms with Crippen LogP contribution < -0.4 is 0 Å². The number of ketones is 1. The van der Waals surface area contributed by atoms with Gasteiger partial charge in [-0.2, -0.15) is 0 Å². The summed E-state index contributed by atoms with van der Waals surface area (Å²) >= 11 is 7.53. The average Bonchev–Trinajstić information content (AvgIpc) is 3.02. The zero-order valence-corrected chi connectivity index (χ0v) is 16.4. The Kier molecular flexibility index (Phi) is 4.66. The minimum Gasteiger partial charge on any atom is -0.511 e. The summed E-state index contributed by atoms with van der Waals surface area (Å²) in [5.41, 5.74) is 1.89. The van der Waals surface area contributed by atoms with Gasteiger partial charge in [0.05, 0.1) is 11.3 Å². The van der Waals surface area contributed by atoms with Crippen molar-refractivity contribution in [3.63, 3.8) is 0 Å². The van der Waals surface area contributed by atoms with Crippen LogP contribution in [0, 0.1) is 12.3 Å². The fourth-order valence-corrected chi connectivity index (χ4v) is 5.35. The van der Waals surface area contributed by atoms with Gasteiger partial charge in [0.25, 0.3) is 0 Å². The molecule has 1 aromatic heterocycles. The molecule has 2 aromatic rings. The van der Waals surface area contributed by atoms with E-state index in [9.17, 15) is 9.90 Å². The Labute approximate surface area is 162 Å². The summed E-state index contributed by atoms with van der Waals surface area (Å²) in [6, 6.07) is 7.55. The van der Waals surface area contributed by atoms with Crippen LogP contribution in [-0.2, 0) is 4.79 Å². The van der Waals surface area contributed by atoms with E-state index in [1.165, 1.54) is 6.42 Å². The Bertz CT molecular complexity index is 876. The number of thiazole rings is 1. The molecule has 2 aliphatic carbocycles. The zero-order valence-electron chi connectivity index (χ0n) is 14.8.